The highest BCUT2D eigenvalue weighted by Gasteiger charge is 2.36. The Hall–Kier alpha value is -2.00. The first-order chi connectivity index (χ1) is 15.4. The van der Waals surface area contributed by atoms with Crippen molar-refractivity contribution in [3.63, 3.8) is 0 Å². The Morgan fingerprint density at radius 1 is 1.19 bits per heavy atom. The van der Waals surface area contributed by atoms with Crippen LogP contribution in [0.15, 0.2) is 41.8 Å². The number of rotatable bonds is 7. The molecule has 2 heterocycles. The molecule has 0 aliphatic heterocycles. The third kappa shape index (κ3) is 5.14. The summed E-state index contributed by atoms with van der Waals surface area (Å²) in [5.41, 5.74) is 0.503. The maximum atomic E-state index is 13.6. The van der Waals surface area contributed by atoms with E-state index in [-0.39, 0.29) is 33.5 Å². The van der Waals surface area contributed by atoms with Gasteiger partial charge in [0.15, 0.2) is 5.69 Å². The summed E-state index contributed by atoms with van der Waals surface area (Å²) in [7, 11) is 0. The minimum absolute atomic E-state index is 0.000925. The van der Waals surface area contributed by atoms with E-state index < -0.39 is 17.8 Å². The number of hydrogen-bond acceptors (Lipinski definition) is 5. The van der Waals surface area contributed by atoms with Gasteiger partial charge in [0.25, 0.3) is 5.91 Å². The average molecular weight is 512 g/mol. The van der Waals surface area contributed by atoms with Crippen LogP contribution in [0.4, 0.5) is 4.39 Å². The number of benzene rings is 1. The molecule has 1 aliphatic carbocycles. The molecule has 3 aromatic rings. The van der Waals surface area contributed by atoms with Crippen molar-refractivity contribution in [1.82, 2.24) is 14.6 Å². The van der Waals surface area contributed by atoms with Gasteiger partial charge in [-0.25, -0.2) is 4.39 Å². The summed E-state index contributed by atoms with van der Waals surface area (Å²) in [4.78, 5) is 29.4. The number of halogens is 3. The molecule has 0 unspecified atom stereocenters. The Balaban J connectivity index is 1.75. The van der Waals surface area contributed by atoms with Crippen LogP contribution in [0.25, 0.3) is 0 Å². The maximum Gasteiger partial charge on any atom is 0.276 e. The van der Waals surface area contributed by atoms with Crippen molar-refractivity contribution in [2.24, 2.45) is 0 Å². The van der Waals surface area contributed by atoms with E-state index in [9.17, 15) is 14.0 Å². The van der Waals surface area contributed by atoms with Gasteiger partial charge in [0, 0.05) is 10.9 Å². The van der Waals surface area contributed by atoms with E-state index >= 15 is 0 Å². The number of hydrogen-bond donors (Lipinski definition) is 1. The lowest BCUT2D eigenvalue weighted by Crippen LogP contribution is -2.46. The van der Waals surface area contributed by atoms with Crippen LogP contribution in [-0.4, -0.2) is 27.1 Å². The summed E-state index contributed by atoms with van der Waals surface area (Å²) in [6.07, 6.45) is 3.90. The van der Waals surface area contributed by atoms with E-state index in [1.165, 1.54) is 40.5 Å². The predicted molar refractivity (Wildman–Crippen MR) is 126 cm³/mol. The van der Waals surface area contributed by atoms with Crippen LogP contribution in [0.5, 0.6) is 0 Å². The second-order valence-electron chi connectivity index (χ2n) is 7.58. The predicted octanol–water partition coefficient (Wildman–Crippen LogP) is 6.09. The van der Waals surface area contributed by atoms with Gasteiger partial charge in [0.2, 0.25) is 5.91 Å². The molecule has 1 aliphatic rings. The Labute approximate surface area is 203 Å². The van der Waals surface area contributed by atoms with Gasteiger partial charge in [-0.3, -0.25) is 9.59 Å². The first-order valence-electron chi connectivity index (χ1n) is 10.1. The van der Waals surface area contributed by atoms with Crippen molar-refractivity contribution in [3.8, 4) is 0 Å². The van der Waals surface area contributed by atoms with E-state index in [1.54, 1.807) is 0 Å². The molecule has 4 rings (SSSR count). The quantitative estimate of drug-likeness (QED) is 0.417. The van der Waals surface area contributed by atoms with E-state index in [0.717, 1.165) is 42.1 Å². The second kappa shape index (κ2) is 10.3. The van der Waals surface area contributed by atoms with E-state index in [0.29, 0.717) is 5.56 Å². The summed E-state index contributed by atoms with van der Waals surface area (Å²) in [5.74, 6) is -1.25. The third-order valence-electron chi connectivity index (χ3n) is 5.41. The molecule has 1 saturated carbocycles. The van der Waals surface area contributed by atoms with Gasteiger partial charge in [-0.2, -0.15) is 4.37 Å². The topological polar surface area (TPSA) is 62.3 Å². The van der Waals surface area contributed by atoms with Gasteiger partial charge in [0.05, 0.1) is 6.54 Å². The summed E-state index contributed by atoms with van der Waals surface area (Å²) in [5, 5.41) is 5.04. The number of carbonyl (C=O) groups is 2. The first-order valence-corrected chi connectivity index (χ1v) is 12.5. The van der Waals surface area contributed by atoms with E-state index in [4.69, 9.17) is 23.2 Å². The largest absolute Gasteiger partial charge is 0.351 e. The summed E-state index contributed by atoms with van der Waals surface area (Å²) >= 11 is 14.7. The van der Waals surface area contributed by atoms with Gasteiger partial charge in [-0.05, 0) is 53.5 Å². The molecule has 0 bridgehead atoms. The van der Waals surface area contributed by atoms with Crippen LogP contribution >= 0.6 is 46.1 Å². The molecular formula is C22H20Cl2FN3O2S2. The zero-order chi connectivity index (χ0) is 22.7. The molecule has 168 valence electrons. The lowest BCUT2D eigenvalue weighted by atomic mass is 10.0. The number of nitrogens with one attached hydrogen (secondary N) is 1. The Bertz CT molecular complexity index is 1080. The molecule has 1 aromatic carbocycles. The van der Waals surface area contributed by atoms with E-state index in [2.05, 4.69) is 9.69 Å². The fourth-order valence-electron chi connectivity index (χ4n) is 3.85. The second-order valence-corrected chi connectivity index (χ2v) is 10.4. The van der Waals surface area contributed by atoms with Crippen molar-refractivity contribution >= 4 is 57.9 Å². The van der Waals surface area contributed by atoms with Crippen LogP contribution in [0.2, 0.25) is 9.36 Å². The number of nitrogens with zero attached hydrogens (tertiary/aromatic N) is 2. The number of thiophene rings is 1. The van der Waals surface area contributed by atoms with Gasteiger partial charge in [-0.15, -0.1) is 11.3 Å². The summed E-state index contributed by atoms with van der Waals surface area (Å²) in [6.45, 7) is 0.169. The van der Waals surface area contributed by atoms with Crippen LogP contribution in [-0.2, 0) is 11.3 Å². The van der Waals surface area contributed by atoms with Gasteiger partial charge < -0.3 is 10.2 Å². The highest BCUT2D eigenvalue weighted by molar-refractivity contribution is 7.11. The number of amides is 2. The molecule has 10 heteroatoms. The van der Waals surface area contributed by atoms with E-state index in [1.807, 2.05) is 17.5 Å². The normalized spacial score (nSPS) is 15.0. The van der Waals surface area contributed by atoms with Crippen molar-refractivity contribution < 1.29 is 14.0 Å². The zero-order valence-corrected chi connectivity index (χ0v) is 20.0. The lowest BCUT2D eigenvalue weighted by Gasteiger charge is -2.31. The fraction of sp³-hybridized carbons (Fsp3) is 0.318. The van der Waals surface area contributed by atoms with Gasteiger partial charge in [0.1, 0.15) is 21.2 Å². The summed E-state index contributed by atoms with van der Waals surface area (Å²) in [6, 6.07) is 8.45. The van der Waals surface area contributed by atoms with Crippen molar-refractivity contribution in [2.75, 3.05) is 0 Å². The Morgan fingerprint density at radius 2 is 1.91 bits per heavy atom. The molecule has 32 heavy (non-hydrogen) atoms. The summed E-state index contributed by atoms with van der Waals surface area (Å²) < 4.78 is 18.0. The van der Waals surface area contributed by atoms with Gasteiger partial charge >= 0.3 is 0 Å². The molecular weight excluding hydrogens is 492 g/mol. The highest BCUT2D eigenvalue weighted by Crippen LogP contribution is 2.34. The standard InChI is InChI=1S/C22H20Cl2FN3O2S2/c23-17-18(27-32-20(17)24)22(30)28(12-16-6-3-11-31-16)19(13-7-9-14(25)10-8-13)21(29)26-15-4-1-2-5-15/h3,6-11,15,19H,1-2,4-5,12H2,(H,26,29)/t19-/m1/s1. The Morgan fingerprint density at radius 3 is 2.50 bits per heavy atom. The molecule has 0 saturated heterocycles. The minimum Gasteiger partial charge on any atom is -0.351 e. The van der Waals surface area contributed by atoms with Crippen molar-refractivity contribution in [3.05, 3.63) is 73.1 Å². The molecule has 1 fully saturated rings. The Kier molecular flexibility index (Phi) is 7.45. The molecule has 1 N–H and O–H groups in total. The number of aromatic nitrogens is 1. The molecule has 1 atom stereocenters. The van der Waals surface area contributed by atoms with Crippen molar-refractivity contribution in [2.45, 2.75) is 44.3 Å². The monoisotopic (exact) mass is 511 g/mol. The van der Waals surface area contributed by atoms with Crippen LogP contribution in [0.1, 0.15) is 52.7 Å². The SMILES string of the molecule is O=C(NC1CCCC1)[C@@H](c1ccc(F)cc1)N(Cc1cccs1)C(=O)c1nsc(Cl)c1Cl. The van der Waals surface area contributed by atoms with Crippen molar-refractivity contribution in [1.29, 1.82) is 0 Å². The number of carbonyl (C=O) groups excluding carboxylic acids is 2. The van der Waals surface area contributed by atoms with Crippen LogP contribution < -0.4 is 5.32 Å². The molecule has 0 radical (unpaired) electrons. The zero-order valence-electron chi connectivity index (χ0n) is 16.9. The molecule has 5 nitrogen and oxygen atoms in total. The maximum absolute atomic E-state index is 13.6. The average Bonchev–Trinajstić information content (AvgIpc) is 3.53. The van der Waals surface area contributed by atoms with Crippen LogP contribution in [0.3, 0.4) is 0 Å². The lowest BCUT2D eigenvalue weighted by molar-refractivity contribution is -0.126. The highest BCUT2D eigenvalue weighted by atomic mass is 35.5. The molecule has 2 amide bonds. The first kappa shape index (κ1) is 23.2. The molecule has 2 aromatic heterocycles. The third-order valence-corrected chi connectivity index (χ3v) is 7.89. The minimum atomic E-state index is -0.984. The fourth-order valence-corrected chi connectivity index (χ4v) is 5.54. The smallest absolute Gasteiger partial charge is 0.276 e. The molecule has 0 spiro atoms. The van der Waals surface area contributed by atoms with Crippen LogP contribution in [0, 0.1) is 5.82 Å². The van der Waals surface area contributed by atoms with Gasteiger partial charge in [-0.1, -0.05) is 54.2 Å².